The van der Waals surface area contributed by atoms with Gasteiger partial charge in [0.15, 0.2) is 0 Å². The molecule has 2 N–H and O–H groups in total. The topological polar surface area (TPSA) is 72.7 Å². The second kappa shape index (κ2) is 8.52. The molecular weight excluding hydrogens is 384 g/mol. The van der Waals surface area contributed by atoms with Gasteiger partial charge in [0.25, 0.3) is 0 Å². The molecule has 1 aromatic heterocycles. The molecule has 1 saturated heterocycles. The van der Waals surface area contributed by atoms with E-state index in [0.29, 0.717) is 0 Å². The summed E-state index contributed by atoms with van der Waals surface area (Å²) in [7, 11) is 4.10. The Morgan fingerprint density at radius 2 is 1.86 bits per heavy atom. The highest BCUT2D eigenvalue weighted by Gasteiger charge is 2.30. The van der Waals surface area contributed by atoms with Gasteiger partial charge in [-0.3, -0.25) is 0 Å². The highest BCUT2D eigenvalue weighted by atomic mass is 32.2. The Kier molecular flexibility index (Phi) is 5.84. The fourth-order valence-corrected chi connectivity index (χ4v) is 4.49. The quantitative estimate of drug-likeness (QED) is 0.627. The molecule has 7 nitrogen and oxygen atoms in total. The molecule has 0 unspecified atom stereocenters. The lowest BCUT2D eigenvalue weighted by Crippen LogP contribution is -2.82. The molecule has 29 heavy (non-hydrogen) atoms. The van der Waals surface area contributed by atoms with Gasteiger partial charge in [-0.15, -0.1) is 5.10 Å². The van der Waals surface area contributed by atoms with Gasteiger partial charge in [0.05, 0.1) is 5.69 Å². The number of quaternary nitrogens is 1. The van der Waals surface area contributed by atoms with E-state index in [0.717, 1.165) is 34.3 Å². The number of hydrogen-bond acceptors (Lipinski definition) is 6. The number of nitrogens with two attached hydrogens (primary N) is 1. The summed E-state index contributed by atoms with van der Waals surface area (Å²) in [6.07, 6.45) is 0.202. The standard InChI is InChI=1S/C21H26N6OS/c1-14-6-5-7-15(2)19(14)27-21(23-24-25-27)29-13-18-12-22-20(28-18)16-8-10-17(11-9-16)26(3)4/h5-11,18,20,22H,12-13H2,1-4H3/p+1/t18-,20+/m1/s1. The lowest BCUT2D eigenvalue weighted by Gasteiger charge is -2.14. The number of hydrogen-bond donors (Lipinski definition) is 1. The van der Waals surface area contributed by atoms with Gasteiger partial charge in [0, 0.05) is 31.1 Å². The van der Waals surface area contributed by atoms with Crippen LogP contribution in [0.3, 0.4) is 0 Å². The van der Waals surface area contributed by atoms with Crippen LogP contribution in [-0.4, -0.2) is 52.7 Å². The van der Waals surface area contributed by atoms with Gasteiger partial charge in [-0.2, -0.15) is 4.68 Å². The summed E-state index contributed by atoms with van der Waals surface area (Å²) in [6.45, 7) is 5.09. The molecule has 0 bridgehead atoms. The van der Waals surface area contributed by atoms with E-state index in [9.17, 15) is 0 Å². The Labute approximate surface area is 175 Å². The molecule has 3 aromatic rings. The van der Waals surface area contributed by atoms with E-state index in [1.54, 1.807) is 11.8 Å². The third kappa shape index (κ3) is 4.29. The van der Waals surface area contributed by atoms with Crippen molar-refractivity contribution in [1.29, 1.82) is 0 Å². The van der Waals surface area contributed by atoms with E-state index in [2.05, 4.69) is 82.1 Å². The van der Waals surface area contributed by atoms with Crippen LogP contribution in [0.25, 0.3) is 5.69 Å². The van der Waals surface area contributed by atoms with Crippen molar-refractivity contribution in [1.82, 2.24) is 20.2 Å². The van der Waals surface area contributed by atoms with Crippen molar-refractivity contribution in [2.24, 2.45) is 0 Å². The highest BCUT2D eigenvalue weighted by Crippen LogP contribution is 2.26. The zero-order valence-electron chi connectivity index (χ0n) is 17.2. The third-order valence-corrected chi connectivity index (χ3v) is 6.23. The number of rotatable bonds is 6. The highest BCUT2D eigenvalue weighted by molar-refractivity contribution is 7.99. The maximum atomic E-state index is 6.27. The Balaban J connectivity index is 1.40. The number of ether oxygens (including phenoxy) is 1. The number of aryl methyl sites for hydroxylation is 2. The molecule has 2 aromatic carbocycles. The SMILES string of the molecule is Cc1cccc(C)c1-n1nnnc1SC[C@H]1C[NH2+][C@H](c2ccc(N(C)C)cc2)O1. The number of aromatic nitrogens is 4. The first-order valence-corrected chi connectivity index (χ1v) is 10.8. The predicted octanol–water partition coefficient (Wildman–Crippen LogP) is 2.10. The van der Waals surface area contributed by atoms with Crippen molar-refractivity contribution in [2.45, 2.75) is 31.3 Å². The van der Waals surface area contributed by atoms with Gasteiger partial charge in [0.1, 0.15) is 12.6 Å². The minimum absolute atomic E-state index is 0.0476. The van der Waals surface area contributed by atoms with Gasteiger partial charge in [-0.25, -0.2) is 0 Å². The van der Waals surface area contributed by atoms with Crippen molar-refractivity contribution >= 4 is 17.4 Å². The summed E-state index contributed by atoms with van der Waals surface area (Å²) < 4.78 is 8.11. The summed E-state index contributed by atoms with van der Waals surface area (Å²) in [4.78, 5) is 2.10. The molecule has 8 heteroatoms. The number of nitrogens with zero attached hydrogens (tertiary/aromatic N) is 5. The molecule has 4 rings (SSSR count). The van der Waals surface area contributed by atoms with E-state index in [1.165, 1.54) is 11.3 Å². The van der Waals surface area contributed by atoms with Crippen molar-refractivity contribution < 1.29 is 10.1 Å². The molecular formula is C21H27N6OS+. The number of benzene rings is 2. The van der Waals surface area contributed by atoms with Gasteiger partial charge in [-0.05, 0) is 59.7 Å². The summed E-state index contributed by atoms with van der Waals surface area (Å²) in [5, 5.41) is 15.4. The molecule has 1 aliphatic rings. The van der Waals surface area contributed by atoms with E-state index in [1.807, 2.05) is 18.8 Å². The van der Waals surface area contributed by atoms with Crippen LogP contribution < -0.4 is 10.2 Å². The molecule has 0 radical (unpaired) electrons. The lowest BCUT2D eigenvalue weighted by molar-refractivity contribution is -0.697. The molecule has 0 aliphatic carbocycles. The number of thioether (sulfide) groups is 1. The van der Waals surface area contributed by atoms with Crippen LogP contribution in [0.2, 0.25) is 0 Å². The fraction of sp³-hybridized carbons (Fsp3) is 0.381. The fourth-order valence-electron chi connectivity index (χ4n) is 3.59. The molecule has 0 amide bonds. The minimum atomic E-state index is 0.0476. The summed E-state index contributed by atoms with van der Waals surface area (Å²) in [6, 6.07) is 14.8. The number of anilines is 1. The van der Waals surface area contributed by atoms with E-state index >= 15 is 0 Å². The zero-order chi connectivity index (χ0) is 20.4. The summed E-state index contributed by atoms with van der Waals surface area (Å²) >= 11 is 1.64. The van der Waals surface area contributed by atoms with Gasteiger partial charge in [0.2, 0.25) is 11.4 Å². The van der Waals surface area contributed by atoms with Crippen LogP contribution in [0.4, 0.5) is 5.69 Å². The average Bonchev–Trinajstić information content (AvgIpc) is 3.36. The first-order chi connectivity index (χ1) is 14.0. The summed E-state index contributed by atoms with van der Waals surface area (Å²) in [5.74, 6) is 0.814. The van der Waals surface area contributed by atoms with Crippen molar-refractivity contribution in [3.8, 4) is 5.69 Å². The largest absolute Gasteiger partial charge is 0.378 e. The Morgan fingerprint density at radius 3 is 2.55 bits per heavy atom. The number of para-hydroxylation sites is 1. The molecule has 2 atom stereocenters. The molecule has 2 heterocycles. The van der Waals surface area contributed by atoms with Crippen molar-refractivity contribution in [3.63, 3.8) is 0 Å². The van der Waals surface area contributed by atoms with Crippen LogP contribution in [0.15, 0.2) is 47.6 Å². The van der Waals surface area contributed by atoms with Crippen molar-refractivity contribution in [2.75, 3.05) is 31.3 Å². The first-order valence-electron chi connectivity index (χ1n) is 9.77. The molecule has 1 aliphatic heterocycles. The van der Waals surface area contributed by atoms with Crippen LogP contribution >= 0.6 is 11.8 Å². The molecule has 1 fully saturated rings. The van der Waals surface area contributed by atoms with E-state index in [4.69, 9.17) is 4.74 Å². The van der Waals surface area contributed by atoms with Crippen LogP contribution in [-0.2, 0) is 4.74 Å². The van der Waals surface area contributed by atoms with E-state index in [-0.39, 0.29) is 12.3 Å². The normalized spacial score (nSPS) is 18.9. The second-order valence-corrected chi connectivity index (χ2v) is 8.55. The van der Waals surface area contributed by atoms with Gasteiger partial charge >= 0.3 is 0 Å². The smallest absolute Gasteiger partial charge is 0.217 e. The molecule has 0 saturated carbocycles. The first kappa shape index (κ1) is 19.9. The third-order valence-electron chi connectivity index (χ3n) is 5.18. The average molecular weight is 412 g/mol. The lowest BCUT2D eigenvalue weighted by atomic mass is 10.1. The van der Waals surface area contributed by atoms with Crippen molar-refractivity contribution in [3.05, 3.63) is 59.2 Å². The molecule has 152 valence electrons. The van der Waals surface area contributed by atoms with Crippen LogP contribution in [0.1, 0.15) is 22.9 Å². The number of tetrazole rings is 1. The summed E-state index contributed by atoms with van der Waals surface area (Å²) in [5.41, 5.74) is 5.76. The maximum Gasteiger partial charge on any atom is 0.217 e. The predicted molar refractivity (Wildman–Crippen MR) is 115 cm³/mol. The van der Waals surface area contributed by atoms with Crippen LogP contribution in [0.5, 0.6) is 0 Å². The Hall–Kier alpha value is -2.42. The Morgan fingerprint density at radius 1 is 1.14 bits per heavy atom. The minimum Gasteiger partial charge on any atom is -0.378 e. The van der Waals surface area contributed by atoms with Gasteiger partial charge < -0.3 is 15.0 Å². The van der Waals surface area contributed by atoms with E-state index < -0.39 is 0 Å². The molecule has 0 spiro atoms. The second-order valence-electron chi connectivity index (χ2n) is 7.56. The van der Waals surface area contributed by atoms with Gasteiger partial charge in [-0.1, -0.05) is 30.0 Å². The van der Waals surface area contributed by atoms with Crippen LogP contribution in [0, 0.1) is 13.8 Å². The zero-order valence-corrected chi connectivity index (χ0v) is 18.1. The Bertz CT molecular complexity index is 951. The monoisotopic (exact) mass is 411 g/mol. The maximum absolute atomic E-state index is 6.27.